The predicted octanol–water partition coefficient (Wildman–Crippen LogP) is 3.76. The summed E-state index contributed by atoms with van der Waals surface area (Å²) in [6.45, 7) is 0.167. The smallest absolute Gasteiger partial charge is 0.252 e. The molecule has 3 aromatic rings. The van der Waals surface area contributed by atoms with E-state index in [9.17, 15) is 9.18 Å². The Morgan fingerprint density at radius 2 is 1.70 bits per heavy atom. The van der Waals surface area contributed by atoms with Gasteiger partial charge in [0.25, 0.3) is 5.91 Å². The largest absolute Gasteiger partial charge is 0.341 e. The Bertz CT molecular complexity index is 921. The quantitative estimate of drug-likeness (QED) is 0.718. The highest BCUT2D eigenvalue weighted by atomic mass is 19.1. The van der Waals surface area contributed by atoms with Gasteiger partial charge in [0.15, 0.2) is 0 Å². The van der Waals surface area contributed by atoms with Crippen LogP contribution in [0.15, 0.2) is 66.7 Å². The first kappa shape index (κ1) is 14.8. The molecule has 3 heteroatoms. The van der Waals surface area contributed by atoms with Crippen molar-refractivity contribution < 1.29 is 9.18 Å². The molecule has 3 aromatic carbocycles. The molecule has 112 valence electrons. The standard InChI is InChI=1S/C20H14FNO/c21-19-10-4-3-7-16(19)9-5-13-22-20(23)18-12-11-15-6-1-2-8-17(15)14-18/h1-4,6-8,10-12,14H,13H2,(H,22,23). The molecule has 0 unspecified atom stereocenters. The summed E-state index contributed by atoms with van der Waals surface area (Å²) < 4.78 is 13.4. The van der Waals surface area contributed by atoms with Crippen molar-refractivity contribution >= 4 is 16.7 Å². The molecule has 0 saturated heterocycles. The van der Waals surface area contributed by atoms with Gasteiger partial charge in [0.05, 0.1) is 12.1 Å². The van der Waals surface area contributed by atoms with Crippen LogP contribution >= 0.6 is 0 Å². The molecule has 0 aliphatic heterocycles. The van der Waals surface area contributed by atoms with E-state index in [0.29, 0.717) is 11.1 Å². The molecule has 0 heterocycles. The van der Waals surface area contributed by atoms with E-state index in [2.05, 4.69) is 17.2 Å². The van der Waals surface area contributed by atoms with E-state index in [1.54, 1.807) is 24.3 Å². The van der Waals surface area contributed by atoms with Gasteiger partial charge in [-0.1, -0.05) is 54.3 Å². The maximum Gasteiger partial charge on any atom is 0.252 e. The van der Waals surface area contributed by atoms with Crippen molar-refractivity contribution in [1.29, 1.82) is 0 Å². The van der Waals surface area contributed by atoms with E-state index in [0.717, 1.165) is 10.8 Å². The molecule has 23 heavy (non-hydrogen) atoms. The molecule has 3 rings (SSSR count). The van der Waals surface area contributed by atoms with Gasteiger partial charge in [-0.2, -0.15) is 0 Å². The van der Waals surface area contributed by atoms with Crippen molar-refractivity contribution in [2.24, 2.45) is 0 Å². The Labute approximate surface area is 134 Å². The number of benzene rings is 3. The number of rotatable bonds is 2. The number of hydrogen-bond acceptors (Lipinski definition) is 1. The van der Waals surface area contributed by atoms with E-state index in [4.69, 9.17) is 0 Å². The van der Waals surface area contributed by atoms with Gasteiger partial charge in [-0.3, -0.25) is 4.79 Å². The minimum Gasteiger partial charge on any atom is -0.341 e. The van der Waals surface area contributed by atoms with Crippen molar-refractivity contribution in [3.8, 4) is 11.8 Å². The summed E-state index contributed by atoms with van der Waals surface area (Å²) in [7, 11) is 0. The highest BCUT2D eigenvalue weighted by Gasteiger charge is 2.04. The molecule has 0 aromatic heterocycles. The lowest BCUT2D eigenvalue weighted by molar-refractivity contribution is 0.0959. The lowest BCUT2D eigenvalue weighted by Crippen LogP contribution is -2.23. The van der Waals surface area contributed by atoms with Crippen LogP contribution in [0.3, 0.4) is 0 Å². The fourth-order valence-corrected chi connectivity index (χ4v) is 2.26. The van der Waals surface area contributed by atoms with Crippen molar-refractivity contribution in [2.45, 2.75) is 0 Å². The Kier molecular flexibility index (Phi) is 4.35. The van der Waals surface area contributed by atoms with Gasteiger partial charge in [-0.15, -0.1) is 0 Å². The van der Waals surface area contributed by atoms with Gasteiger partial charge < -0.3 is 5.32 Å². The molecule has 1 N–H and O–H groups in total. The molecule has 0 aliphatic rings. The van der Waals surface area contributed by atoms with E-state index < -0.39 is 0 Å². The monoisotopic (exact) mass is 303 g/mol. The molecule has 0 saturated carbocycles. The molecule has 0 aliphatic carbocycles. The zero-order valence-electron chi connectivity index (χ0n) is 12.3. The van der Waals surface area contributed by atoms with Crippen molar-refractivity contribution in [1.82, 2.24) is 5.32 Å². The first-order valence-corrected chi connectivity index (χ1v) is 7.24. The van der Waals surface area contributed by atoms with Crippen LogP contribution in [0.4, 0.5) is 4.39 Å². The highest BCUT2D eigenvalue weighted by molar-refractivity contribution is 5.98. The summed E-state index contributed by atoms with van der Waals surface area (Å²) >= 11 is 0. The summed E-state index contributed by atoms with van der Waals surface area (Å²) in [5.74, 6) is 4.91. The topological polar surface area (TPSA) is 29.1 Å². The number of halogens is 1. The van der Waals surface area contributed by atoms with Crippen molar-refractivity contribution in [3.63, 3.8) is 0 Å². The summed E-state index contributed by atoms with van der Waals surface area (Å²) in [6.07, 6.45) is 0. The van der Waals surface area contributed by atoms with Crippen molar-refractivity contribution in [2.75, 3.05) is 6.54 Å². The third-order valence-corrected chi connectivity index (χ3v) is 3.45. The maximum absolute atomic E-state index is 13.4. The van der Waals surface area contributed by atoms with Gasteiger partial charge >= 0.3 is 0 Å². The first-order chi connectivity index (χ1) is 11.2. The normalized spacial score (nSPS) is 9.96. The fourth-order valence-electron chi connectivity index (χ4n) is 2.26. The zero-order chi connectivity index (χ0) is 16.1. The Morgan fingerprint density at radius 1 is 0.957 bits per heavy atom. The summed E-state index contributed by atoms with van der Waals surface area (Å²) in [4.78, 5) is 12.1. The second-order valence-corrected chi connectivity index (χ2v) is 5.03. The van der Waals surface area contributed by atoms with Crippen LogP contribution < -0.4 is 5.32 Å². The lowest BCUT2D eigenvalue weighted by atomic mass is 10.1. The van der Waals surface area contributed by atoms with Gasteiger partial charge in [-0.25, -0.2) is 4.39 Å². The second-order valence-electron chi connectivity index (χ2n) is 5.03. The number of nitrogens with one attached hydrogen (secondary N) is 1. The lowest BCUT2D eigenvalue weighted by Gasteiger charge is -2.03. The third kappa shape index (κ3) is 3.56. The number of carbonyl (C=O) groups excluding carboxylic acids is 1. The molecule has 2 nitrogen and oxygen atoms in total. The summed E-state index contributed by atoms with van der Waals surface area (Å²) in [6, 6.07) is 19.7. The molecule has 0 spiro atoms. The molecule has 0 bridgehead atoms. The maximum atomic E-state index is 13.4. The average Bonchev–Trinajstić information content (AvgIpc) is 2.59. The third-order valence-electron chi connectivity index (χ3n) is 3.45. The minimum atomic E-state index is -0.360. The Balaban J connectivity index is 1.66. The van der Waals surface area contributed by atoms with Gasteiger partial charge in [0.2, 0.25) is 0 Å². The van der Waals surface area contributed by atoms with Crippen LogP contribution in [0.5, 0.6) is 0 Å². The van der Waals surface area contributed by atoms with Gasteiger partial charge in [0.1, 0.15) is 5.82 Å². The summed E-state index contributed by atoms with van der Waals surface area (Å²) in [5.41, 5.74) is 0.906. The SMILES string of the molecule is O=C(NCC#Cc1ccccc1F)c1ccc2ccccc2c1. The Morgan fingerprint density at radius 3 is 2.52 bits per heavy atom. The molecule has 0 atom stereocenters. The first-order valence-electron chi connectivity index (χ1n) is 7.24. The van der Waals surface area contributed by atoms with Crippen LogP contribution in [-0.4, -0.2) is 12.5 Å². The van der Waals surface area contributed by atoms with Crippen molar-refractivity contribution in [3.05, 3.63) is 83.7 Å². The number of carbonyl (C=O) groups is 1. The molecule has 1 amide bonds. The van der Waals surface area contributed by atoms with Crippen LogP contribution in [0.25, 0.3) is 10.8 Å². The highest BCUT2D eigenvalue weighted by Crippen LogP contribution is 2.15. The van der Waals surface area contributed by atoms with Crippen LogP contribution in [0.2, 0.25) is 0 Å². The Hall–Kier alpha value is -3.12. The molecule has 0 radical (unpaired) electrons. The molecular formula is C20H14FNO. The second kappa shape index (κ2) is 6.76. The van der Waals surface area contributed by atoms with Gasteiger partial charge in [-0.05, 0) is 35.0 Å². The number of amides is 1. The van der Waals surface area contributed by atoms with Crippen LogP contribution in [0.1, 0.15) is 15.9 Å². The molecule has 0 fully saturated rings. The number of fused-ring (bicyclic) bond motifs is 1. The summed E-state index contributed by atoms with van der Waals surface area (Å²) in [5, 5.41) is 4.82. The predicted molar refractivity (Wildman–Crippen MR) is 89.6 cm³/mol. The van der Waals surface area contributed by atoms with E-state index in [-0.39, 0.29) is 18.3 Å². The van der Waals surface area contributed by atoms with Gasteiger partial charge in [0, 0.05) is 5.56 Å². The average molecular weight is 303 g/mol. The minimum absolute atomic E-state index is 0.167. The molecular weight excluding hydrogens is 289 g/mol. The number of hydrogen-bond donors (Lipinski definition) is 1. The zero-order valence-corrected chi connectivity index (χ0v) is 12.3. The van der Waals surface area contributed by atoms with Crippen LogP contribution in [0, 0.1) is 17.7 Å². The van der Waals surface area contributed by atoms with Crippen LogP contribution in [-0.2, 0) is 0 Å². The van der Waals surface area contributed by atoms with E-state index >= 15 is 0 Å². The van der Waals surface area contributed by atoms with E-state index in [1.165, 1.54) is 6.07 Å². The van der Waals surface area contributed by atoms with E-state index in [1.807, 2.05) is 36.4 Å². The fraction of sp³-hybridized carbons (Fsp3) is 0.0500.